The second-order valence-electron chi connectivity index (χ2n) is 7.72. The Balaban J connectivity index is 1.62. The molecule has 1 aromatic carbocycles. The first kappa shape index (κ1) is 20.8. The Morgan fingerprint density at radius 3 is 2.63 bits per heavy atom. The summed E-state index contributed by atoms with van der Waals surface area (Å²) in [4.78, 5) is 13.2. The quantitative estimate of drug-likeness (QED) is 0.774. The number of nitrogens with zero attached hydrogens (tertiary/aromatic N) is 4. The number of anilines is 1. The van der Waals surface area contributed by atoms with E-state index in [9.17, 15) is 13.2 Å². The highest BCUT2D eigenvalue weighted by Gasteiger charge is 2.40. The number of ether oxygens (including phenoxy) is 1. The predicted octanol–water partition coefficient (Wildman–Crippen LogP) is 1.70. The maximum atomic E-state index is 13.3. The van der Waals surface area contributed by atoms with Crippen molar-refractivity contribution in [3.05, 3.63) is 41.7 Å². The summed E-state index contributed by atoms with van der Waals surface area (Å²) in [7, 11) is -0.334. The van der Waals surface area contributed by atoms with Gasteiger partial charge in [-0.1, -0.05) is 18.6 Å². The van der Waals surface area contributed by atoms with E-state index in [1.807, 2.05) is 6.07 Å². The SMILES string of the molecule is COc1ccccc1NC(=O)C1CN(S(=O)(=O)N2CCCCC2)Cc2cn(C)nc21. The smallest absolute Gasteiger partial charge is 0.282 e. The lowest BCUT2D eigenvalue weighted by Crippen LogP contribution is -2.49. The molecule has 0 aliphatic carbocycles. The summed E-state index contributed by atoms with van der Waals surface area (Å²) in [6.45, 7) is 1.33. The number of benzene rings is 1. The van der Waals surface area contributed by atoms with Crippen molar-refractivity contribution < 1.29 is 17.9 Å². The number of nitrogens with one attached hydrogen (secondary N) is 1. The van der Waals surface area contributed by atoms with Crippen molar-refractivity contribution >= 4 is 21.8 Å². The summed E-state index contributed by atoms with van der Waals surface area (Å²) in [6.07, 6.45) is 4.56. The van der Waals surface area contributed by atoms with E-state index in [-0.39, 0.29) is 19.0 Å². The van der Waals surface area contributed by atoms with Gasteiger partial charge in [0.2, 0.25) is 5.91 Å². The van der Waals surface area contributed by atoms with Gasteiger partial charge < -0.3 is 10.1 Å². The molecule has 2 aliphatic rings. The summed E-state index contributed by atoms with van der Waals surface area (Å²) in [5.74, 6) is -0.474. The Bertz CT molecular complexity index is 1030. The van der Waals surface area contributed by atoms with Crippen molar-refractivity contribution in [2.75, 3.05) is 32.1 Å². The third kappa shape index (κ3) is 3.94. The minimum atomic E-state index is -3.65. The summed E-state index contributed by atoms with van der Waals surface area (Å²) in [5.41, 5.74) is 1.91. The van der Waals surface area contributed by atoms with E-state index in [2.05, 4.69) is 10.4 Å². The molecule has 1 aromatic heterocycles. The van der Waals surface area contributed by atoms with Gasteiger partial charge in [-0.15, -0.1) is 0 Å². The second kappa shape index (κ2) is 8.37. The van der Waals surface area contributed by atoms with Crippen molar-refractivity contribution in [3.63, 3.8) is 0 Å². The van der Waals surface area contributed by atoms with Gasteiger partial charge in [-0.3, -0.25) is 9.48 Å². The van der Waals surface area contributed by atoms with Crippen LogP contribution in [0.4, 0.5) is 5.69 Å². The number of amides is 1. The molecule has 2 aliphatic heterocycles. The summed E-state index contributed by atoms with van der Waals surface area (Å²) in [6, 6.07) is 7.13. The minimum Gasteiger partial charge on any atom is -0.495 e. The molecule has 162 valence electrons. The fourth-order valence-electron chi connectivity index (χ4n) is 4.12. The van der Waals surface area contributed by atoms with Crippen LogP contribution in [0.3, 0.4) is 0 Å². The number of carbonyl (C=O) groups excluding carboxylic acids is 1. The topological polar surface area (TPSA) is 96.8 Å². The zero-order valence-electron chi connectivity index (χ0n) is 17.2. The number of piperidine rings is 1. The largest absolute Gasteiger partial charge is 0.495 e. The van der Waals surface area contributed by atoms with Crippen LogP contribution < -0.4 is 10.1 Å². The molecule has 1 atom stereocenters. The fraction of sp³-hybridized carbons (Fsp3) is 0.500. The molecule has 4 rings (SSSR count). The first-order chi connectivity index (χ1) is 14.4. The molecule has 1 fully saturated rings. The normalized spacial score (nSPS) is 20.5. The lowest BCUT2D eigenvalue weighted by molar-refractivity contribution is -0.118. The van der Waals surface area contributed by atoms with E-state index >= 15 is 0 Å². The van der Waals surface area contributed by atoms with E-state index < -0.39 is 16.1 Å². The second-order valence-corrected chi connectivity index (χ2v) is 9.64. The van der Waals surface area contributed by atoms with E-state index in [4.69, 9.17) is 4.74 Å². The molecule has 2 aromatic rings. The third-order valence-electron chi connectivity index (χ3n) is 5.65. The minimum absolute atomic E-state index is 0.0594. The van der Waals surface area contributed by atoms with Gasteiger partial charge in [-0.05, 0) is 25.0 Å². The molecule has 0 spiro atoms. The van der Waals surface area contributed by atoms with Crippen LogP contribution in [-0.2, 0) is 28.6 Å². The molecule has 9 nitrogen and oxygen atoms in total. The van der Waals surface area contributed by atoms with E-state index in [0.717, 1.165) is 24.8 Å². The van der Waals surface area contributed by atoms with Crippen LogP contribution in [0.15, 0.2) is 30.5 Å². The monoisotopic (exact) mass is 433 g/mol. The Morgan fingerprint density at radius 1 is 1.17 bits per heavy atom. The molecule has 1 N–H and O–H groups in total. The molecule has 30 heavy (non-hydrogen) atoms. The average Bonchev–Trinajstić information content (AvgIpc) is 3.14. The van der Waals surface area contributed by atoms with Crippen LogP contribution in [0.1, 0.15) is 36.4 Å². The summed E-state index contributed by atoms with van der Waals surface area (Å²) < 4.78 is 36.4. The van der Waals surface area contributed by atoms with Gasteiger partial charge in [0.1, 0.15) is 5.75 Å². The maximum absolute atomic E-state index is 13.3. The highest BCUT2D eigenvalue weighted by atomic mass is 32.2. The summed E-state index contributed by atoms with van der Waals surface area (Å²) in [5, 5.41) is 7.34. The molecular weight excluding hydrogens is 406 g/mol. The first-order valence-electron chi connectivity index (χ1n) is 10.1. The van der Waals surface area contributed by atoms with E-state index in [0.29, 0.717) is 30.2 Å². The van der Waals surface area contributed by atoms with Crippen molar-refractivity contribution in [2.45, 2.75) is 31.7 Å². The fourth-order valence-corrected chi connectivity index (χ4v) is 5.81. The maximum Gasteiger partial charge on any atom is 0.282 e. The van der Waals surface area contributed by atoms with E-state index in [1.165, 1.54) is 15.7 Å². The van der Waals surface area contributed by atoms with Crippen LogP contribution in [0, 0.1) is 0 Å². The van der Waals surface area contributed by atoms with Crippen LogP contribution in [0.25, 0.3) is 0 Å². The van der Waals surface area contributed by atoms with Crippen LogP contribution in [0.5, 0.6) is 5.75 Å². The number of hydrogen-bond donors (Lipinski definition) is 1. The third-order valence-corrected chi connectivity index (χ3v) is 7.60. The van der Waals surface area contributed by atoms with Crippen molar-refractivity contribution in [2.24, 2.45) is 7.05 Å². The van der Waals surface area contributed by atoms with Gasteiger partial charge in [0.25, 0.3) is 10.2 Å². The number of aryl methyl sites for hydroxylation is 1. The van der Waals surface area contributed by atoms with Gasteiger partial charge in [0.05, 0.1) is 24.4 Å². The van der Waals surface area contributed by atoms with Crippen LogP contribution in [0.2, 0.25) is 0 Å². The molecule has 10 heteroatoms. The number of fused-ring (bicyclic) bond motifs is 1. The van der Waals surface area contributed by atoms with Gasteiger partial charge in [0.15, 0.2) is 0 Å². The van der Waals surface area contributed by atoms with Gasteiger partial charge >= 0.3 is 0 Å². The molecule has 0 bridgehead atoms. The zero-order chi connectivity index (χ0) is 21.3. The van der Waals surface area contributed by atoms with Gasteiger partial charge in [0, 0.05) is 45.0 Å². The lowest BCUT2D eigenvalue weighted by atomic mass is 9.97. The molecule has 0 saturated carbocycles. The Labute approximate surface area is 176 Å². The Hall–Kier alpha value is -2.43. The molecular formula is C20H27N5O4S. The highest BCUT2D eigenvalue weighted by molar-refractivity contribution is 7.86. The van der Waals surface area contributed by atoms with Crippen LogP contribution in [-0.4, -0.2) is 59.5 Å². The van der Waals surface area contributed by atoms with E-state index in [1.54, 1.807) is 36.1 Å². The lowest BCUT2D eigenvalue weighted by Gasteiger charge is -2.35. The number of methoxy groups -OCH3 is 1. The standard InChI is InChI=1S/C20H27N5O4S/c1-23-12-15-13-25(30(27,28)24-10-6-3-7-11-24)14-16(19(15)22-23)20(26)21-17-8-4-5-9-18(17)29-2/h4-5,8-9,12,16H,3,6-7,10-11,13-14H2,1-2H3,(H,21,26). The molecule has 3 heterocycles. The van der Waals surface area contributed by atoms with Gasteiger partial charge in [-0.25, -0.2) is 0 Å². The van der Waals surface area contributed by atoms with Crippen molar-refractivity contribution in [1.82, 2.24) is 18.4 Å². The molecule has 0 radical (unpaired) electrons. The van der Waals surface area contributed by atoms with Gasteiger partial charge in [-0.2, -0.15) is 22.1 Å². The summed E-state index contributed by atoms with van der Waals surface area (Å²) >= 11 is 0. The highest BCUT2D eigenvalue weighted by Crippen LogP contribution is 2.32. The predicted molar refractivity (Wildman–Crippen MR) is 112 cm³/mol. The van der Waals surface area contributed by atoms with Crippen molar-refractivity contribution in [1.29, 1.82) is 0 Å². The Kier molecular flexibility index (Phi) is 5.81. The molecule has 1 saturated heterocycles. The number of carbonyl (C=O) groups is 1. The number of aromatic nitrogens is 2. The number of para-hydroxylation sites is 2. The molecule has 1 amide bonds. The van der Waals surface area contributed by atoms with Crippen LogP contribution >= 0.6 is 0 Å². The average molecular weight is 434 g/mol. The van der Waals surface area contributed by atoms with Crippen molar-refractivity contribution in [3.8, 4) is 5.75 Å². The zero-order valence-corrected chi connectivity index (χ0v) is 18.1. The molecule has 1 unspecified atom stereocenters. The Morgan fingerprint density at radius 2 is 1.90 bits per heavy atom. The first-order valence-corrected chi connectivity index (χ1v) is 11.5. The number of rotatable bonds is 5. The number of hydrogen-bond acceptors (Lipinski definition) is 5.